The molecule has 0 amide bonds. The van der Waals surface area contributed by atoms with E-state index in [1.165, 1.54) is 0 Å². The fourth-order valence-corrected chi connectivity index (χ4v) is 4.68. The molecule has 15 nitrogen and oxygen atoms in total. The first-order chi connectivity index (χ1) is 15.5. The van der Waals surface area contributed by atoms with Gasteiger partial charge in [-0.1, -0.05) is 0 Å². The third-order valence-corrected chi connectivity index (χ3v) is 6.86. The van der Waals surface area contributed by atoms with Gasteiger partial charge in [0.05, 0.1) is 6.42 Å². The Morgan fingerprint density at radius 2 is 1.00 bits per heavy atom. The Hall–Kier alpha value is 0.850. The van der Waals surface area contributed by atoms with Crippen molar-refractivity contribution < 1.29 is 140 Å². The first-order valence-corrected chi connectivity index (χ1v) is 11.3. The summed E-state index contributed by atoms with van der Waals surface area (Å²) in [4.78, 5) is 0. The molecule has 1 aliphatic carbocycles. The van der Waals surface area contributed by atoms with Crippen LogP contribution in [0, 0.1) is 0 Å². The van der Waals surface area contributed by atoms with Crippen LogP contribution in [-0.4, -0.2) is 135 Å². The van der Waals surface area contributed by atoms with E-state index in [1.54, 1.807) is 0 Å². The Kier molecular flexibility index (Phi) is 21.0. The van der Waals surface area contributed by atoms with Crippen LogP contribution in [0.4, 0.5) is 0 Å². The molecule has 0 spiro atoms. The van der Waals surface area contributed by atoms with Crippen LogP contribution in [0.15, 0.2) is 0 Å². The van der Waals surface area contributed by atoms with Crippen LogP contribution in [0.1, 0.15) is 6.42 Å². The molecular weight excluding hydrogens is 623 g/mol. The third kappa shape index (κ3) is 8.92. The largest absolute Gasteiger partial charge is 1.00 e. The van der Waals surface area contributed by atoms with Crippen molar-refractivity contribution in [2.75, 3.05) is 13.1 Å². The molecule has 2 heterocycles. The highest BCUT2D eigenvalue weighted by Crippen LogP contribution is 2.30. The standard InChI is InChI=1S/C18H37N5O10.5ClH/c19-2-6-10(25)12(27)8(23)17(30-6)32-15-5(22)1-4(21)9(24)16(15)33-18-14(29)13(28)11(26)7(3-20)31-18;;;;;/h4-18,24-29H,1-3,19-23H2;5*1H/t4-,5+,6-,7-,8-,9+,10-,11-,12-,13+,14-,15-,16-,17-,18+;;;;;/m1...../s1. The van der Waals surface area contributed by atoms with Gasteiger partial charge in [0.2, 0.25) is 6.29 Å². The molecule has 15 atom stereocenters. The first-order valence-electron chi connectivity index (χ1n) is 11.3. The molecule has 21 N–H and O–H groups in total. The maximum absolute atomic E-state index is 10.9. The van der Waals surface area contributed by atoms with Gasteiger partial charge in [-0.2, -0.15) is 0 Å². The van der Waals surface area contributed by atoms with Gasteiger partial charge in [0, 0.05) is 0 Å². The Morgan fingerprint density at radius 1 is 0.553 bits per heavy atom. The Labute approximate surface area is 251 Å². The zero-order chi connectivity index (χ0) is 24.6. The van der Waals surface area contributed by atoms with E-state index in [0.717, 1.165) is 0 Å². The van der Waals surface area contributed by atoms with Gasteiger partial charge in [0.25, 0.3) is 0 Å². The summed E-state index contributed by atoms with van der Waals surface area (Å²) >= 11 is 0. The summed E-state index contributed by atoms with van der Waals surface area (Å²) in [6.45, 7) is 0.293. The van der Waals surface area contributed by atoms with Crippen molar-refractivity contribution in [2.45, 2.75) is 98.2 Å². The second-order valence-electron chi connectivity index (χ2n) is 9.23. The number of halogens is 5. The van der Waals surface area contributed by atoms with Crippen LogP contribution in [0.5, 0.6) is 0 Å². The molecule has 3 aliphatic rings. The lowest BCUT2D eigenvalue weighted by atomic mass is 9.84. The second-order valence-corrected chi connectivity index (χ2v) is 9.23. The molecule has 20 heteroatoms. The van der Waals surface area contributed by atoms with Crippen LogP contribution >= 0.6 is 0 Å². The zero-order valence-corrected chi connectivity index (χ0v) is 24.3. The number of aliphatic hydroxyl groups is 6. The summed E-state index contributed by atoms with van der Waals surface area (Å²) in [7, 11) is 0. The van der Waals surface area contributed by atoms with Crippen molar-refractivity contribution >= 4 is 0 Å². The van der Waals surface area contributed by atoms with E-state index in [0.29, 0.717) is 6.42 Å². The van der Waals surface area contributed by atoms with Gasteiger partial charge < -0.3 is 140 Å². The third-order valence-electron chi connectivity index (χ3n) is 6.86. The number of ether oxygens (including phenoxy) is 4. The van der Waals surface area contributed by atoms with Crippen LogP contribution in [-0.2, 0) is 18.9 Å². The van der Waals surface area contributed by atoms with Crippen molar-refractivity contribution in [3.63, 3.8) is 0 Å². The summed E-state index contributed by atoms with van der Waals surface area (Å²) in [5, 5.41) is 62.1. The summed E-state index contributed by atoms with van der Waals surface area (Å²) in [5.41, 5.74) is 19.3. The van der Waals surface area contributed by atoms with Crippen molar-refractivity contribution in [3.05, 3.63) is 0 Å². The maximum atomic E-state index is 10.9. The molecule has 234 valence electrons. The predicted octanol–water partition coefficient (Wildman–Crippen LogP) is -25.9. The predicted molar refractivity (Wildman–Crippen MR) is 103 cm³/mol. The lowest BCUT2D eigenvalue weighted by Crippen LogP contribution is -3.00. The quantitative estimate of drug-likeness (QED) is 0.127. The average Bonchev–Trinajstić information content (AvgIpc) is 2.79. The molecule has 0 aromatic heterocycles. The minimum Gasteiger partial charge on any atom is -1.00 e. The molecule has 0 aromatic carbocycles. The normalized spacial score (nSPS) is 46.7. The van der Waals surface area contributed by atoms with E-state index < -0.39 is 91.7 Å². The van der Waals surface area contributed by atoms with E-state index in [9.17, 15) is 30.6 Å². The molecule has 0 bridgehead atoms. The van der Waals surface area contributed by atoms with E-state index in [-0.39, 0.29) is 75.1 Å². The monoisotopic (exact) mass is 663 g/mol. The molecule has 38 heavy (non-hydrogen) atoms. The molecule has 0 radical (unpaired) electrons. The molecule has 2 aliphatic heterocycles. The molecular formula is C18H42Cl5N5O10. The Morgan fingerprint density at radius 3 is 1.50 bits per heavy atom. The Bertz CT molecular complexity index is 657. The topological polar surface area (TPSA) is 296 Å². The number of quaternary nitrogens is 5. The molecule has 0 aromatic rings. The van der Waals surface area contributed by atoms with E-state index >= 15 is 0 Å². The molecule has 0 unspecified atom stereocenters. The fourth-order valence-electron chi connectivity index (χ4n) is 4.68. The summed E-state index contributed by atoms with van der Waals surface area (Å²) < 4.78 is 23.4. The van der Waals surface area contributed by atoms with Gasteiger partial charge >= 0.3 is 0 Å². The molecule has 3 rings (SSSR count). The summed E-state index contributed by atoms with van der Waals surface area (Å²) in [6.07, 6.45) is -13.7. The molecule has 3 fully saturated rings. The summed E-state index contributed by atoms with van der Waals surface area (Å²) in [6, 6.07) is -1.76. The highest BCUT2D eigenvalue weighted by atomic mass is 35.5. The van der Waals surface area contributed by atoms with Gasteiger partial charge in [-0.05, 0) is 0 Å². The van der Waals surface area contributed by atoms with Crippen molar-refractivity contribution in [1.82, 2.24) is 0 Å². The van der Waals surface area contributed by atoms with Crippen LogP contribution in [0.3, 0.4) is 0 Å². The smallest absolute Gasteiger partial charge is 0.214 e. The van der Waals surface area contributed by atoms with Crippen molar-refractivity contribution in [2.24, 2.45) is 0 Å². The minimum atomic E-state index is -1.59. The van der Waals surface area contributed by atoms with Gasteiger partial charge in [0.1, 0.15) is 86.2 Å². The zero-order valence-electron chi connectivity index (χ0n) is 20.5. The van der Waals surface area contributed by atoms with E-state index in [4.69, 9.17) is 18.9 Å². The molecule has 1 saturated carbocycles. The lowest BCUT2D eigenvalue weighted by Gasteiger charge is -2.46. The van der Waals surface area contributed by atoms with Gasteiger partial charge in [-0.15, -0.1) is 0 Å². The Balaban J connectivity index is -0.00000245. The number of rotatable bonds is 6. The summed E-state index contributed by atoms with van der Waals surface area (Å²) in [5.74, 6) is 0. The van der Waals surface area contributed by atoms with Crippen LogP contribution in [0.2, 0.25) is 0 Å². The van der Waals surface area contributed by atoms with Crippen molar-refractivity contribution in [3.8, 4) is 0 Å². The molecule has 2 saturated heterocycles. The lowest BCUT2D eigenvalue weighted by molar-refractivity contribution is -0.537. The van der Waals surface area contributed by atoms with E-state index in [1.807, 2.05) is 0 Å². The van der Waals surface area contributed by atoms with Crippen molar-refractivity contribution in [1.29, 1.82) is 0 Å². The number of aliphatic hydroxyl groups excluding tert-OH is 6. The minimum absolute atomic E-state index is 0. The van der Waals surface area contributed by atoms with Gasteiger partial charge in [0.15, 0.2) is 12.3 Å². The van der Waals surface area contributed by atoms with E-state index in [2.05, 4.69) is 28.7 Å². The average molecular weight is 666 g/mol. The fraction of sp³-hybridized carbons (Fsp3) is 1.00. The second kappa shape index (κ2) is 18.4. The maximum Gasteiger partial charge on any atom is 0.214 e. The van der Waals surface area contributed by atoms with Gasteiger partial charge in [-0.3, -0.25) is 0 Å². The highest BCUT2D eigenvalue weighted by Gasteiger charge is 2.54. The highest BCUT2D eigenvalue weighted by molar-refractivity contribution is 4.97. The number of hydrogen-bond acceptors (Lipinski definition) is 10. The van der Waals surface area contributed by atoms with Crippen LogP contribution < -0.4 is 90.7 Å². The van der Waals surface area contributed by atoms with Crippen LogP contribution in [0.25, 0.3) is 0 Å². The first kappa shape index (κ1) is 43.3. The number of hydrogen-bond donors (Lipinski definition) is 11. The van der Waals surface area contributed by atoms with Gasteiger partial charge in [-0.25, -0.2) is 0 Å². The SMILES string of the molecule is [Cl-].[Cl-].[Cl-].[Cl-].[Cl-].[NH3+]C[C@H]1O[C@@H](O[C@@H]2[C@@H](O)[C@H]([NH3+])C[C@H]([NH3+])[C@H]2O[C@H]2O[C@H](C[NH3+])[C@@H](O)[C@H](O)[C@H]2[NH3+])[C@H](O)[C@@H](O)[C@@H]1O.